The van der Waals surface area contributed by atoms with E-state index in [0.29, 0.717) is 16.9 Å². The third-order valence-corrected chi connectivity index (χ3v) is 2.90. The zero-order valence-corrected chi connectivity index (χ0v) is 12.2. The number of nitrogens with two attached hydrogens (primary N) is 1. The Kier molecular flexibility index (Phi) is 5.20. The van der Waals surface area contributed by atoms with Crippen molar-refractivity contribution in [2.45, 2.75) is 0 Å². The number of benzene rings is 2. The van der Waals surface area contributed by atoms with Crippen LogP contribution < -0.4 is 11.1 Å². The third kappa shape index (κ3) is 3.62. The van der Waals surface area contributed by atoms with Gasteiger partial charge in [-0.15, -0.1) is 12.4 Å². The number of rotatable bonds is 2. The molecule has 0 atom stereocenters. The maximum Gasteiger partial charge on any atom is 0.257 e. The molecular formula is C13H12BrClN2O2. The quantitative estimate of drug-likeness (QED) is 0.578. The number of phenolic OH excluding ortho intramolecular Hbond substituents is 1. The molecule has 1 amide bonds. The van der Waals surface area contributed by atoms with Crippen molar-refractivity contribution in [3.63, 3.8) is 0 Å². The zero-order chi connectivity index (χ0) is 13.1. The first kappa shape index (κ1) is 15.3. The van der Waals surface area contributed by atoms with Gasteiger partial charge in [-0.25, -0.2) is 0 Å². The van der Waals surface area contributed by atoms with Crippen molar-refractivity contribution in [3.05, 3.63) is 52.5 Å². The number of aromatic hydroxyl groups is 1. The molecule has 0 saturated heterocycles. The molecular weight excluding hydrogens is 332 g/mol. The van der Waals surface area contributed by atoms with Gasteiger partial charge in [-0.2, -0.15) is 0 Å². The molecule has 6 heteroatoms. The van der Waals surface area contributed by atoms with Crippen LogP contribution in [0, 0.1) is 0 Å². The van der Waals surface area contributed by atoms with E-state index in [1.165, 1.54) is 6.07 Å². The van der Waals surface area contributed by atoms with Gasteiger partial charge in [-0.3, -0.25) is 4.79 Å². The van der Waals surface area contributed by atoms with Crippen molar-refractivity contribution < 1.29 is 9.90 Å². The fourth-order valence-corrected chi connectivity index (χ4v) is 1.89. The van der Waals surface area contributed by atoms with Crippen LogP contribution in [0.3, 0.4) is 0 Å². The monoisotopic (exact) mass is 342 g/mol. The van der Waals surface area contributed by atoms with Crippen molar-refractivity contribution in [1.82, 2.24) is 0 Å². The number of carbonyl (C=O) groups is 1. The van der Waals surface area contributed by atoms with Crippen molar-refractivity contribution in [2.24, 2.45) is 0 Å². The number of phenols is 1. The molecule has 19 heavy (non-hydrogen) atoms. The first-order chi connectivity index (χ1) is 8.58. The number of amides is 1. The summed E-state index contributed by atoms with van der Waals surface area (Å²) in [4.78, 5) is 12.0. The predicted molar refractivity (Wildman–Crippen MR) is 81.9 cm³/mol. The average molecular weight is 344 g/mol. The van der Waals surface area contributed by atoms with E-state index < -0.39 is 0 Å². The van der Waals surface area contributed by atoms with Crippen LogP contribution >= 0.6 is 28.3 Å². The van der Waals surface area contributed by atoms with Gasteiger partial charge in [0.15, 0.2) is 0 Å². The highest BCUT2D eigenvalue weighted by molar-refractivity contribution is 9.10. The summed E-state index contributed by atoms with van der Waals surface area (Å²) in [6, 6.07) is 11.5. The van der Waals surface area contributed by atoms with Gasteiger partial charge in [-0.05, 0) is 30.3 Å². The molecule has 0 saturated carbocycles. The van der Waals surface area contributed by atoms with Crippen LogP contribution in [0.5, 0.6) is 5.75 Å². The van der Waals surface area contributed by atoms with Gasteiger partial charge in [0.2, 0.25) is 0 Å². The van der Waals surface area contributed by atoms with E-state index in [9.17, 15) is 9.90 Å². The predicted octanol–water partition coefficient (Wildman–Crippen LogP) is 3.41. The molecule has 2 aromatic carbocycles. The minimum atomic E-state index is -0.360. The molecule has 0 fully saturated rings. The van der Waals surface area contributed by atoms with Crippen LogP contribution in [0.1, 0.15) is 10.4 Å². The molecule has 100 valence electrons. The van der Waals surface area contributed by atoms with Crippen LogP contribution in [-0.4, -0.2) is 11.0 Å². The molecule has 0 aliphatic heterocycles. The highest BCUT2D eigenvalue weighted by Crippen LogP contribution is 2.24. The van der Waals surface area contributed by atoms with E-state index in [0.717, 1.165) is 4.47 Å². The van der Waals surface area contributed by atoms with Crippen LogP contribution in [0.2, 0.25) is 0 Å². The van der Waals surface area contributed by atoms with Gasteiger partial charge in [0, 0.05) is 10.2 Å². The Balaban J connectivity index is 0.00000180. The van der Waals surface area contributed by atoms with Gasteiger partial charge in [0.1, 0.15) is 5.75 Å². The Morgan fingerprint density at radius 3 is 2.53 bits per heavy atom. The lowest BCUT2D eigenvalue weighted by Gasteiger charge is -2.09. The Labute approximate surface area is 125 Å². The summed E-state index contributed by atoms with van der Waals surface area (Å²) in [7, 11) is 0. The van der Waals surface area contributed by atoms with Crippen molar-refractivity contribution in [3.8, 4) is 5.75 Å². The number of nitrogen functional groups attached to an aromatic ring is 1. The molecule has 0 spiro atoms. The minimum Gasteiger partial charge on any atom is -0.506 e. The summed E-state index contributed by atoms with van der Waals surface area (Å²) < 4.78 is 0.805. The number of carbonyl (C=O) groups excluding carboxylic acids is 1. The molecule has 0 heterocycles. The summed E-state index contributed by atoms with van der Waals surface area (Å²) in [6.45, 7) is 0. The number of hydrogen-bond acceptors (Lipinski definition) is 3. The standard InChI is InChI=1S/C13H11BrN2O2.ClH/c14-8-5-6-9(10(15)7-8)13(18)16-11-3-1-2-4-12(11)17;/h1-7,17H,15H2,(H,16,18);1H. The van der Waals surface area contributed by atoms with E-state index in [4.69, 9.17) is 5.73 Å². The number of anilines is 2. The van der Waals surface area contributed by atoms with Crippen LogP contribution in [0.4, 0.5) is 11.4 Å². The SMILES string of the molecule is Cl.Nc1cc(Br)ccc1C(=O)Nc1ccccc1O. The lowest BCUT2D eigenvalue weighted by atomic mass is 10.1. The second kappa shape index (κ2) is 6.45. The number of hydrogen-bond donors (Lipinski definition) is 3. The molecule has 0 radical (unpaired) electrons. The van der Waals surface area contributed by atoms with Crippen LogP contribution in [0.25, 0.3) is 0 Å². The summed E-state index contributed by atoms with van der Waals surface area (Å²) >= 11 is 3.27. The van der Waals surface area contributed by atoms with E-state index in [-0.39, 0.29) is 24.1 Å². The van der Waals surface area contributed by atoms with Crippen LogP contribution in [0.15, 0.2) is 46.9 Å². The topological polar surface area (TPSA) is 75.4 Å². The van der Waals surface area contributed by atoms with Gasteiger partial charge in [-0.1, -0.05) is 28.1 Å². The molecule has 0 aliphatic carbocycles. The second-order valence-electron chi connectivity index (χ2n) is 3.70. The third-order valence-electron chi connectivity index (χ3n) is 2.41. The molecule has 0 unspecified atom stereocenters. The molecule has 2 rings (SSSR count). The molecule has 4 nitrogen and oxygen atoms in total. The van der Waals surface area contributed by atoms with Crippen molar-refractivity contribution in [1.29, 1.82) is 0 Å². The molecule has 2 aromatic rings. The number of para-hydroxylation sites is 2. The summed E-state index contributed by atoms with van der Waals surface area (Å²) in [5.74, 6) is -0.344. The van der Waals surface area contributed by atoms with Crippen LogP contribution in [-0.2, 0) is 0 Å². The summed E-state index contributed by atoms with van der Waals surface area (Å²) in [5.41, 5.74) is 6.85. The van der Waals surface area contributed by atoms with Gasteiger partial charge in [0.25, 0.3) is 5.91 Å². The Bertz CT molecular complexity index is 605. The Hall–Kier alpha value is -1.72. The molecule has 0 aliphatic rings. The fourth-order valence-electron chi connectivity index (χ4n) is 1.51. The van der Waals surface area contributed by atoms with Crippen molar-refractivity contribution in [2.75, 3.05) is 11.1 Å². The Morgan fingerprint density at radius 2 is 1.89 bits per heavy atom. The van der Waals surface area contributed by atoms with E-state index >= 15 is 0 Å². The second-order valence-corrected chi connectivity index (χ2v) is 4.62. The minimum absolute atomic E-state index is 0. The number of nitrogens with one attached hydrogen (secondary N) is 1. The highest BCUT2D eigenvalue weighted by atomic mass is 79.9. The first-order valence-electron chi connectivity index (χ1n) is 5.22. The summed E-state index contributed by atoms with van der Waals surface area (Å²) in [6.07, 6.45) is 0. The van der Waals surface area contributed by atoms with Gasteiger partial charge < -0.3 is 16.2 Å². The maximum atomic E-state index is 12.0. The number of halogens is 2. The average Bonchev–Trinajstić information content (AvgIpc) is 2.32. The highest BCUT2D eigenvalue weighted by Gasteiger charge is 2.11. The first-order valence-corrected chi connectivity index (χ1v) is 6.01. The lowest BCUT2D eigenvalue weighted by molar-refractivity contribution is 0.102. The van der Waals surface area contributed by atoms with Crippen molar-refractivity contribution >= 4 is 45.6 Å². The maximum absolute atomic E-state index is 12.0. The smallest absolute Gasteiger partial charge is 0.257 e. The fraction of sp³-hybridized carbons (Fsp3) is 0. The largest absolute Gasteiger partial charge is 0.506 e. The Morgan fingerprint density at radius 1 is 1.21 bits per heavy atom. The van der Waals surface area contributed by atoms with Gasteiger partial charge in [0.05, 0.1) is 11.3 Å². The molecule has 0 aromatic heterocycles. The van der Waals surface area contributed by atoms with E-state index in [1.54, 1.807) is 36.4 Å². The normalized spacial score (nSPS) is 9.53. The molecule has 0 bridgehead atoms. The lowest BCUT2D eigenvalue weighted by Crippen LogP contribution is -2.14. The summed E-state index contributed by atoms with van der Waals surface area (Å²) in [5, 5.41) is 12.2. The van der Waals surface area contributed by atoms with Gasteiger partial charge >= 0.3 is 0 Å². The van der Waals surface area contributed by atoms with E-state index in [2.05, 4.69) is 21.2 Å². The van der Waals surface area contributed by atoms with E-state index in [1.807, 2.05) is 0 Å². The zero-order valence-electron chi connectivity index (χ0n) is 9.76. The molecule has 4 N–H and O–H groups in total.